The predicted molar refractivity (Wildman–Crippen MR) is 103 cm³/mol. The number of rotatable bonds is 6. The molecule has 1 aromatic rings. The molecule has 2 aliphatic heterocycles. The van der Waals surface area contributed by atoms with Crippen molar-refractivity contribution in [1.82, 2.24) is 14.5 Å². The summed E-state index contributed by atoms with van der Waals surface area (Å²) in [5.74, 6) is -1.85. The third kappa shape index (κ3) is 3.18. The van der Waals surface area contributed by atoms with Crippen LogP contribution in [0.25, 0.3) is 0 Å². The van der Waals surface area contributed by atoms with Gasteiger partial charge in [0, 0.05) is 18.5 Å². The van der Waals surface area contributed by atoms with Crippen LogP contribution in [-0.2, 0) is 14.8 Å². The average Bonchev–Trinajstić information content (AvgIpc) is 3.33. The zero-order valence-electron chi connectivity index (χ0n) is 16.8. The normalized spacial score (nSPS) is 29.8. The number of likely N-dealkylation sites (tertiary alicyclic amines) is 1. The number of benzene rings is 1. The maximum atomic E-state index is 13.7. The lowest BCUT2D eigenvalue weighted by atomic mass is 10.0. The third-order valence-corrected chi connectivity index (χ3v) is 8.49. The number of carbonyl (C=O) groups is 1. The van der Waals surface area contributed by atoms with Gasteiger partial charge in [-0.3, -0.25) is 4.79 Å². The summed E-state index contributed by atoms with van der Waals surface area (Å²) in [6.07, 6.45) is 1.88. The molecule has 3 fully saturated rings. The van der Waals surface area contributed by atoms with Crippen molar-refractivity contribution in [3.8, 4) is 0 Å². The van der Waals surface area contributed by atoms with Gasteiger partial charge in [0.2, 0.25) is 15.9 Å². The molecule has 6 nitrogen and oxygen atoms in total. The number of piperidine rings is 1. The molecule has 1 amide bonds. The fourth-order valence-corrected chi connectivity index (χ4v) is 7.09. The number of hydrogen-bond acceptors (Lipinski definition) is 4. The first-order chi connectivity index (χ1) is 13.7. The maximum absolute atomic E-state index is 13.7. The molecule has 4 bridgehead atoms. The Labute approximate surface area is 170 Å². The molecule has 3 aliphatic rings. The van der Waals surface area contributed by atoms with Crippen molar-refractivity contribution in [2.75, 3.05) is 13.6 Å². The van der Waals surface area contributed by atoms with E-state index < -0.39 is 27.8 Å². The molecular formula is C20H27F2N3O3S. The lowest BCUT2D eigenvalue weighted by molar-refractivity contribution is -0.142. The number of amides is 1. The first-order valence-electron chi connectivity index (χ1n) is 10.1. The van der Waals surface area contributed by atoms with Crippen LogP contribution in [0, 0.1) is 29.4 Å². The van der Waals surface area contributed by atoms with E-state index in [0.717, 1.165) is 31.0 Å². The van der Waals surface area contributed by atoms with Crippen molar-refractivity contribution in [2.24, 2.45) is 17.8 Å². The van der Waals surface area contributed by atoms with Crippen LogP contribution in [-0.4, -0.2) is 55.4 Å². The van der Waals surface area contributed by atoms with E-state index in [1.165, 1.54) is 4.31 Å². The highest BCUT2D eigenvalue weighted by atomic mass is 32.2. The summed E-state index contributed by atoms with van der Waals surface area (Å²) in [6, 6.07) is 2.31. The molecule has 2 heterocycles. The van der Waals surface area contributed by atoms with Crippen molar-refractivity contribution in [2.45, 2.75) is 56.3 Å². The molecule has 160 valence electrons. The Hall–Kier alpha value is -1.58. The third-order valence-electron chi connectivity index (χ3n) is 6.66. The zero-order valence-corrected chi connectivity index (χ0v) is 17.6. The molecule has 2 saturated heterocycles. The van der Waals surface area contributed by atoms with Gasteiger partial charge in [-0.2, -0.15) is 4.31 Å². The molecule has 1 aliphatic carbocycles. The highest BCUT2D eigenvalue weighted by Gasteiger charge is 2.64. The Kier molecular flexibility index (Phi) is 5.19. The average molecular weight is 428 g/mol. The summed E-state index contributed by atoms with van der Waals surface area (Å²) in [6.45, 7) is 4.40. The van der Waals surface area contributed by atoms with E-state index in [1.54, 1.807) is 11.9 Å². The van der Waals surface area contributed by atoms with Gasteiger partial charge < -0.3 is 10.2 Å². The van der Waals surface area contributed by atoms with Gasteiger partial charge in [-0.1, -0.05) is 13.8 Å². The maximum Gasteiger partial charge on any atom is 0.244 e. The molecule has 29 heavy (non-hydrogen) atoms. The summed E-state index contributed by atoms with van der Waals surface area (Å²) in [5, 5.41) is 3.08. The molecule has 5 atom stereocenters. The van der Waals surface area contributed by atoms with Crippen LogP contribution in [0.1, 0.15) is 33.1 Å². The summed E-state index contributed by atoms with van der Waals surface area (Å²) in [5.41, 5.74) is 0. The Morgan fingerprint density at radius 1 is 1.21 bits per heavy atom. The minimum absolute atomic E-state index is 0.0527. The van der Waals surface area contributed by atoms with Gasteiger partial charge in [-0.15, -0.1) is 0 Å². The minimum atomic E-state index is -4.04. The molecule has 4 rings (SSSR count). The van der Waals surface area contributed by atoms with Crippen molar-refractivity contribution < 1.29 is 22.0 Å². The number of sulfonamides is 1. The summed E-state index contributed by atoms with van der Waals surface area (Å²) < 4.78 is 54.8. The summed E-state index contributed by atoms with van der Waals surface area (Å²) in [4.78, 5) is 14.8. The van der Waals surface area contributed by atoms with Gasteiger partial charge in [-0.25, -0.2) is 17.2 Å². The van der Waals surface area contributed by atoms with Gasteiger partial charge in [0.1, 0.15) is 6.17 Å². The second-order valence-corrected chi connectivity index (χ2v) is 10.6. The molecule has 0 radical (unpaired) electrons. The Balaban J connectivity index is 1.66. The Morgan fingerprint density at radius 3 is 2.52 bits per heavy atom. The van der Waals surface area contributed by atoms with E-state index in [1.807, 2.05) is 13.8 Å². The first-order valence-corrected chi connectivity index (χ1v) is 11.6. The van der Waals surface area contributed by atoms with Crippen LogP contribution in [0.5, 0.6) is 0 Å². The SMILES string of the molecule is CN[C@@H](CC(C)C)C(=O)N1C2[C@@H]3CC[C@H]1[C@@H]3CN2S(=O)(=O)c1ccc(F)c(F)c1. The number of likely N-dealkylation sites (N-methyl/N-ethyl adjacent to an activating group) is 1. The minimum Gasteiger partial charge on any atom is -0.321 e. The lowest BCUT2D eigenvalue weighted by Crippen LogP contribution is -2.61. The van der Waals surface area contributed by atoms with Crippen LogP contribution in [0.4, 0.5) is 8.78 Å². The number of halogens is 2. The Bertz CT molecular complexity index is 924. The summed E-state index contributed by atoms with van der Waals surface area (Å²) in [7, 11) is -2.30. The second kappa shape index (κ2) is 7.28. The lowest BCUT2D eigenvalue weighted by Gasteiger charge is -2.44. The molecule has 9 heteroatoms. The van der Waals surface area contributed by atoms with E-state index in [-0.39, 0.29) is 34.7 Å². The van der Waals surface area contributed by atoms with Gasteiger partial charge in [0.05, 0.1) is 10.9 Å². The van der Waals surface area contributed by atoms with Crippen LogP contribution >= 0.6 is 0 Å². The molecule has 1 N–H and O–H groups in total. The fourth-order valence-electron chi connectivity index (χ4n) is 5.42. The van der Waals surface area contributed by atoms with Crippen LogP contribution < -0.4 is 5.32 Å². The predicted octanol–water partition coefficient (Wildman–Crippen LogP) is 2.17. The number of nitrogens with zero attached hydrogens (tertiary/aromatic N) is 2. The van der Waals surface area contributed by atoms with Crippen molar-refractivity contribution in [1.29, 1.82) is 0 Å². The molecule has 0 aromatic heterocycles. The monoisotopic (exact) mass is 427 g/mol. The van der Waals surface area contributed by atoms with Gasteiger partial charge in [0.25, 0.3) is 0 Å². The van der Waals surface area contributed by atoms with E-state index in [9.17, 15) is 22.0 Å². The van der Waals surface area contributed by atoms with Crippen LogP contribution in [0.3, 0.4) is 0 Å². The topological polar surface area (TPSA) is 69.7 Å². The van der Waals surface area contributed by atoms with Crippen LogP contribution in [0.15, 0.2) is 23.1 Å². The molecular weight excluding hydrogens is 400 g/mol. The number of hydrogen-bond donors (Lipinski definition) is 1. The zero-order chi connectivity index (χ0) is 21.1. The van der Waals surface area contributed by atoms with Gasteiger partial charge >= 0.3 is 0 Å². The molecule has 1 unspecified atom stereocenters. The van der Waals surface area contributed by atoms with Gasteiger partial charge in [-0.05, 0) is 56.3 Å². The molecule has 1 aromatic carbocycles. The Morgan fingerprint density at radius 2 is 1.93 bits per heavy atom. The largest absolute Gasteiger partial charge is 0.321 e. The van der Waals surface area contributed by atoms with E-state index in [0.29, 0.717) is 18.9 Å². The number of carbonyl (C=O) groups excluding carboxylic acids is 1. The van der Waals surface area contributed by atoms with Crippen molar-refractivity contribution >= 4 is 15.9 Å². The quantitative estimate of drug-likeness (QED) is 0.756. The summed E-state index contributed by atoms with van der Waals surface area (Å²) >= 11 is 0. The standard InChI is InChI=1S/C20H27F2N3O3S/c1-11(2)8-17(23-3)20(26)25-18-7-5-13-14(18)10-24(19(13)25)29(27,28)12-4-6-15(21)16(22)9-12/h4,6,9,11,13-14,17-19,23H,5,7-8,10H2,1-3H3/t13-,14-,17+,18+,19?/m1/s1. The van der Waals surface area contributed by atoms with E-state index in [4.69, 9.17) is 0 Å². The first kappa shape index (κ1) is 20.7. The van der Waals surface area contributed by atoms with Gasteiger partial charge in [0.15, 0.2) is 11.6 Å². The molecule has 0 spiro atoms. The van der Waals surface area contributed by atoms with E-state index in [2.05, 4.69) is 5.32 Å². The highest BCUT2D eigenvalue weighted by Crippen LogP contribution is 2.54. The van der Waals surface area contributed by atoms with Crippen LogP contribution in [0.2, 0.25) is 0 Å². The number of nitrogens with one attached hydrogen (secondary N) is 1. The van der Waals surface area contributed by atoms with E-state index >= 15 is 0 Å². The fraction of sp³-hybridized carbons (Fsp3) is 0.650. The second-order valence-electron chi connectivity index (χ2n) is 8.75. The van der Waals surface area contributed by atoms with Crippen molar-refractivity contribution in [3.63, 3.8) is 0 Å². The molecule has 1 saturated carbocycles. The highest BCUT2D eigenvalue weighted by molar-refractivity contribution is 7.89. The smallest absolute Gasteiger partial charge is 0.244 e. The van der Waals surface area contributed by atoms with Crippen molar-refractivity contribution in [3.05, 3.63) is 29.8 Å².